The average molecular weight is 399 g/mol. The smallest absolute Gasteiger partial charge is 0.101 e. The Morgan fingerprint density at radius 3 is 1.83 bits per heavy atom. The molecule has 164 valence electrons. The van der Waals surface area contributed by atoms with Crippen molar-refractivity contribution in [3.05, 3.63) is 48.3 Å². The molecule has 0 fully saturated rings. The van der Waals surface area contributed by atoms with Crippen molar-refractivity contribution < 1.29 is 0 Å². The highest BCUT2D eigenvalue weighted by molar-refractivity contribution is 5.15. The maximum atomic E-state index is 2.63. The fourth-order valence-corrected chi connectivity index (χ4v) is 4.43. The summed E-state index contributed by atoms with van der Waals surface area (Å²) in [7, 11) is 0. The van der Waals surface area contributed by atoms with Crippen LogP contribution >= 0.6 is 0 Å². The van der Waals surface area contributed by atoms with E-state index in [-0.39, 0.29) is 0 Å². The molecule has 2 rings (SSSR count). The first-order valence-electron chi connectivity index (χ1n) is 12.6. The van der Waals surface area contributed by atoms with Crippen LogP contribution in [0.25, 0.3) is 0 Å². The van der Waals surface area contributed by atoms with Crippen molar-refractivity contribution in [1.29, 1.82) is 0 Å². The van der Waals surface area contributed by atoms with Gasteiger partial charge in [0.1, 0.15) is 6.17 Å². The summed E-state index contributed by atoms with van der Waals surface area (Å²) in [4.78, 5) is 5.20. The standard InChI is InChI=1S/C27H46N2/c1-3-5-7-9-11-13-18-22-28-23-24-29(25-26-19-15-14-16-20-26)27(28)21-17-12-10-8-6-4-2/h14-16,19-20,23-24,27H,3-13,17-18,21-22,25H2,1-2H3. The van der Waals surface area contributed by atoms with Gasteiger partial charge in [0.25, 0.3) is 0 Å². The number of hydrogen-bond acceptors (Lipinski definition) is 2. The molecule has 2 nitrogen and oxygen atoms in total. The number of hydrogen-bond donors (Lipinski definition) is 0. The highest BCUT2D eigenvalue weighted by Crippen LogP contribution is 2.24. The molecule has 0 aliphatic carbocycles. The van der Waals surface area contributed by atoms with Crippen molar-refractivity contribution in [3.8, 4) is 0 Å². The van der Waals surface area contributed by atoms with Crippen molar-refractivity contribution in [3.63, 3.8) is 0 Å². The lowest BCUT2D eigenvalue weighted by Crippen LogP contribution is -2.38. The van der Waals surface area contributed by atoms with E-state index < -0.39 is 0 Å². The molecule has 0 spiro atoms. The third-order valence-electron chi connectivity index (χ3n) is 6.26. The quantitative estimate of drug-likeness (QED) is 0.244. The van der Waals surface area contributed by atoms with Crippen molar-refractivity contribution in [2.24, 2.45) is 0 Å². The van der Waals surface area contributed by atoms with Crippen molar-refractivity contribution >= 4 is 0 Å². The third-order valence-corrected chi connectivity index (χ3v) is 6.26. The Balaban J connectivity index is 1.76. The summed E-state index contributed by atoms with van der Waals surface area (Å²) in [6.45, 7) is 6.85. The van der Waals surface area contributed by atoms with E-state index in [0.717, 1.165) is 6.54 Å². The summed E-state index contributed by atoms with van der Waals surface area (Å²) in [5, 5.41) is 0. The molecular weight excluding hydrogens is 352 g/mol. The molecular formula is C27H46N2. The predicted molar refractivity (Wildman–Crippen MR) is 128 cm³/mol. The zero-order valence-corrected chi connectivity index (χ0v) is 19.3. The molecule has 1 heterocycles. The minimum atomic E-state index is 0.557. The van der Waals surface area contributed by atoms with Crippen LogP contribution in [-0.4, -0.2) is 22.5 Å². The average Bonchev–Trinajstić information content (AvgIpc) is 3.12. The Morgan fingerprint density at radius 1 is 0.621 bits per heavy atom. The molecule has 0 saturated carbocycles. The first kappa shape index (κ1) is 23.8. The Labute approximate surface area is 181 Å². The van der Waals surface area contributed by atoms with Crippen molar-refractivity contribution in [2.75, 3.05) is 6.54 Å². The summed E-state index contributed by atoms with van der Waals surface area (Å²) < 4.78 is 0. The van der Waals surface area contributed by atoms with Crippen LogP contribution in [0.15, 0.2) is 42.7 Å². The molecule has 1 aliphatic rings. The lowest BCUT2D eigenvalue weighted by Gasteiger charge is -2.33. The van der Waals surface area contributed by atoms with Gasteiger partial charge in [-0.3, -0.25) is 0 Å². The molecule has 1 aromatic carbocycles. The number of unbranched alkanes of at least 4 members (excludes halogenated alkanes) is 11. The van der Waals surface area contributed by atoms with E-state index in [1.54, 1.807) is 0 Å². The fourth-order valence-electron chi connectivity index (χ4n) is 4.43. The second-order valence-corrected chi connectivity index (χ2v) is 8.85. The number of benzene rings is 1. The molecule has 1 atom stereocenters. The summed E-state index contributed by atoms with van der Waals surface area (Å²) in [5.74, 6) is 0. The van der Waals surface area contributed by atoms with E-state index in [1.165, 1.54) is 102 Å². The first-order chi connectivity index (χ1) is 14.3. The zero-order valence-electron chi connectivity index (χ0n) is 19.3. The maximum absolute atomic E-state index is 2.63. The van der Waals surface area contributed by atoms with Crippen LogP contribution in [0.5, 0.6) is 0 Å². The van der Waals surface area contributed by atoms with Gasteiger partial charge in [0.05, 0.1) is 0 Å². The zero-order chi connectivity index (χ0) is 20.6. The van der Waals surface area contributed by atoms with Gasteiger partial charge >= 0.3 is 0 Å². The molecule has 0 bridgehead atoms. The molecule has 0 aromatic heterocycles. The van der Waals surface area contributed by atoms with Crippen molar-refractivity contribution in [2.45, 2.75) is 116 Å². The van der Waals surface area contributed by atoms with Crippen LogP contribution in [0.3, 0.4) is 0 Å². The second-order valence-electron chi connectivity index (χ2n) is 8.85. The summed E-state index contributed by atoms with van der Waals surface area (Å²) in [5.41, 5.74) is 1.42. The summed E-state index contributed by atoms with van der Waals surface area (Å²) >= 11 is 0. The van der Waals surface area contributed by atoms with Crippen LogP contribution in [-0.2, 0) is 6.54 Å². The Hall–Kier alpha value is -1.44. The van der Waals surface area contributed by atoms with Gasteiger partial charge in [0.2, 0.25) is 0 Å². The summed E-state index contributed by atoms with van der Waals surface area (Å²) in [6, 6.07) is 11.0. The van der Waals surface area contributed by atoms with Crippen molar-refractivity contribution in [1.82, 2.24) is 9.80 Å². The topological polar surface area (TPSA) is 6.48 Å². The number of nitrogens with zero attached hydrogens (tertiary/aromatic N) is 2. The van der Waals surface area contributed by atoms with E-state index in [2.05, 4.69) is 66.4 Å². The Bertz CT molecular complexity index is 525. The minimum absolute atomic E-state index is 0.557. The second kappa shape index (κ2) is 15.4. The molecule has 0 N–H and O–H groups in total. The third kappa shape index (κ3) is 9.74. The van der Waals surface area contributed by atoms with E-state index in [4.69, 9.17) is 0 Å². The lowest BCUT2D eigenvalue weighted by molar-refractivity contribution is 0.132. The molecule has 2 heteroatoms. The van der Waals surface area contributed by atoms with Gasteiger partial charge in [0.15, 0.2) is 0 Å². The Morgan fingerprint density at radius 2 is 1.17 bits per heavy atom. The van der Waals surface area contributed by atoms with Crippen LogP contribution < -0.4 is 0 Å². The van der Waals surface area contributed by atoms with E-state index in [9.17, 15) is 0 Å². The van der Waals surface area contributed by atoms with E-state index in [0.29, 0.717) is 6.17 Å². The van der Waals surface area contributed by atoms with E-state index >= 15 is 0 Å². The van der Waals surface area contributed by atoms with Gasteiger partial charge in [-0.15, -0.1) is 0 Å². The predicted octanol–water partition coefficient (Wildman–Crippen LogP) is 8.10. The van der Waals surface area contributed by atoms with Gasteiger partial charge < -0.3 is 9.80 Å². The van der Waals surface area contributed by atoms with Crippen LogP contribution in [0.4, 0.5) is 0 Å². The fraction of sp³-hybridized carbons (Fsp3) is 0.704. The van der Waals surface area contributed by atoms with Gasteiger partial charge in [-0.2, -0.15) is 0 Å². The SMILES string of the molecule is CCCCCCCCCN1C=CN(Cc2ccccc2)C1CCCCCCCC. The van der Waals surface area contributed by atoms with Crippen LogP contribution in [0.1, 0.15) is 109 Å². The van der Waals surface area contributed by atoms with Crippen LogP contribution in [0, 0.1) is 0 Å². The molecule has 0 saturated heterocycles. The monoisotopic (exact) mass is 398 g/mol. The molecule has 0 radical (unpaired) electrons. The van der Waals surface area contributed by atoms with Gasteiger partial charge in [-0.05, 0) is 24.8 Å². The Kier molecular flexibility index (Phi) is 12.7. The largest absolute Gasteiger partial charge is 0.356 e. The lowest BCUT2D eigenvalue weighted by atomic mass is 10.1. The van der Waals surface area contributed by atoms with Crippen LogP contribution in [0.2, 0.25) is 0 Å². The number of rotatable bonds is 17. The van der Waals surface area contributed by atoms with E-state index in [1.807, 2.05) is 0 Å². The summed E-state index contributed by atoms with van der Waals surface area (Å²) in [6.07, 6.45) is 24.6. The molecule has 1 aromatic rings. The minimum Gasteiger partial charge on any atom is -0.356 e. The van der Waals surface area contributed by atoms with Gasteiger partial charge in [-0.25, -0.2) is 0 Å². The molecule has 1 aliphatic heterocycles. The molecule has 1 unspecified atom stereocenters. The highest BCUT2D eigenvalue weighted by Gasteiger charge is 2.25. The maximum Gasteiger partial charge on any atom is 0.101 e. The van der Waals surface area contributed by atoms with Gasteiger partial charge in [0, 0.05) is 25.5 Å². The highest BCUT2D eigenvalue weighted by atomic mass is 15.4. The van der Waals surface area contributed by atoms with Gasteiger partial charge in [-0.1, -0.05) is 115 Å². The first-order valence-corrected chi connectivity index (χ1v) is 12.6. The molecule has 0 amide bonds. The molecule has 29 heavy (non-hydrogen) atoms. The normalized spacial score (nSPS) is 16.1.